The summed E-state index contributed by atoms with van der Waals surface area (Å²) in [5, 5.41) is 8.82. The van der Waals surface area contributed by atoms with E-state index in [-0.39, 0.29) is 19.1 Å². The molecule has 1 unspecified atom stereocenters. The first-order chi connectivity index (χ1) is 8.84. The van der Waals surface area contributed by atoms with E-state index in [9.17, 15) is 18.3 Å². The molecule has 2 aliphatic rings. The number of fused-ring (bicyclic) bond motifs is 1. The molecule has 6 nitrogen and oxygen atoms in total. The molecule has 1 aliphatic carbocycles. The molecule has 0 aromatic heterocycles. The second kappa shape index (κ2) is 5.03. The molecule has 1 saturated heterocycles. The lowest BCUT2D eigenvalue weighted by Crippen LogP contribution is -2.41. The smallest absolute Gasteiger partial charge is 0.311 e. The van der Waals surface area contributed by atoms with Crippen molar-refractivity contribution in [2.24, 2.45) is 11.3 Å². The molecule has 1 heterocycles. The summed E-state index contributed by atoms with van der Waals surface area (Å²) >= 11 is 0. The largest absolute Gasteiger partial charge is 0.481 e. The highest BCUT2D eigenvalue weighted by atomic mass is 32.2. The van der Waals surface area contributed by atoms with Crippen LogP contribution in [-0.2, 0) is 19.6 Å². The Hall–Kier alpha value is -0.660. The van der Waals surface area contributed by atoms with Gasteiger partial charge in [0.25, 0.3) is 0 Å². The lowest BCUT2D eigenvalue weighted by molar-refractivity contribution is -0.149. The van der Waals surface area contributed by atoms with E-state index in [1.165, 1.54) is 11.4 Å². The van der Waals surface area contributed by atoms with Crippen molar-refractivity contribution < 1.29 is 23.1 Å². The van der Waals surface area contributed by atoms with E-state index in [0.717, 1.165) is 12.8 Å². The third-order valence-corrected chi connectivity index (χ3v) is 6.69. The third-order valence-electron chi connectivity index (χ3n) is 4.54. The first-order valence-corrected chi connectivity index (χ1v) is 8.06. The second-order valence-corrected chi connectivity index (χ2v) is 8.00. The zero-order valence-electron chi connectivity index (χ0n) is 11.3. The van der Waals surface area contributed by atoms with Gasteiger partial charge in [-0.1, -0.05) is 6.42 Å². The zero-order valence-corrected chi connectivity index (χ0v) is 12.1. The fourth-order valence-electron chi connectivity index (χ4n) is 3.36. The van der Waals surface area contributed by atoms with Crippen LogP contribution in [0.4, 0.5) is 0 Å². The highest BCUT2D eigenvalue weighted by molar-refractivity contribution is 7.89. The number of aliphatic carboxylic acids is 1. The van der Waals surface area contributed by atoms with Crippen LogP contribution in [0.15, 0.2) is 0 Å². The number of nitrogens with zero attached hydrogens (tertiary/aromatic N) is 1. The fourth-order valence-corrected chi connectivity index (χ4v) is 4.98. The predicted octanol–water partition coefficient (Wildman–Crippen LogP) is 0.538. The number of carbonyl (C=O) groups is 1. The van der Waals surface area contributed by atoms with Crippen LogP contribution < -0.4 is 0 Å². The number of hydrogen-bond donors (Lipinski definition) is 1. The third kappa shape index (κ3) is 2.28. The minimum Gasteiger partial charge on any atom is -0.481 e. The zero-order chi connectivity index (χ0) is 14.3. The Morgan fingerprint density at radius 1 is 1.58 bits per heavy atom. The van der Waals surface area contributed by atoms with Gasteiger partial charge in [-0.25, -0.2) is 12.7 Å². The van der Waals surface area contributed by atoms with Crippen LogP contribution >= 0.6 is 0 Å². The van der Waals surface area contributed by atoms with Crippen molar-refractivity contribution in [3.63, 3.8) is 0 Å². The van der Waals surface area contributed by atoms with E-state index in [1.807, 2.05) is 0 Å². The van der Waals surface area contributed by atoms with Gasteiger partial charge in [-0.3, -0.25) is 4.79 Å². The van der Waals surface area contributed by atoms with Gasteiger partial charge in [0.15, 0.2) is 0 Å². The van der Waals surface area contributed by atoms with Crippen LogP contribution in [0.3, 0.4) is 0 Å². The van der Waals surface area contributed by atoms with E-state index in [4.69, 9.17) is 4.74 Å². The molecule has 110 valence electrons. The summed E-state index contributed by atoms with van der Waals surface area (Å²) < 4.78 is 31.0. The Labute approximate surface area is 113 Å². The Kier molecular flexibility index (Phi) is 3.90. The Morgan fingerprint density at radius 3 is 2.79 bits per heavy atom. The lowest BCUT2D eigenvalue weighted by Gasteiger charge is -2.24. The van der Waals surface area contributed by atoms with Crippen LogP contribution in [0.5, 0.6) is 0 Å². The van der Waals surface area contributed by atoms with Crippen molar-refractivity contribution in [2.45, 2.75) is 31.4 Å². The Morgan fingerprint density at radius 2 is 2.26 bits per heavy atom. The summed E-state index contributed by atoms with van der Waals surface area (Å²) in [6.07, 6.45) is 2.26. The molecule has 19 heavy (non-hydrogen) atoms. The molecule has 0 bridgehead atoms. The van der Waals surface area contributed by atoms with Crippen LogP contribution in [0.1, 0.15) is 26.2 Å². The Balaban J connectivity index is 2.20. The van der Waals surface area contributed by atoms with Crippen molar-refractivity contribution in [1.82, 2.24) is 4.31 Å². The van der Waals surface area contributed by atoms with E-state index in [2.05, 4.69) is 0 Å². The molecular formula is C12H21NO5S. The summed E-state index contributed by atoms with van der Waals surface area (Å²) in [7, 11) is -2.01. The second-order valence-electron chi connectivity index (χ2n) is 5.65. The average Bonchev–Trinajstić information content (AvgIpc) is 2.85. The summed E-state index contributed by atoms with van der Waals surface area (Å²) in [4.78, 5) is 11.5. The fraction of sp³-hybridized carbons (Fsp3) is 0.917. The van der Waals surface area contributed by atoms with Crippen LogP contribution in [-0.4, -0.2) is 55.9 Å². The van der Waals surface area contributed by atoms with E-state index < -0.39 is 26.7 Å². The van der Waals surface area contributed by atoms with Crippen LogP contribution in [0.2, 0.25) is 0 Å². The monoisotopic (exact) mass is 291 g/mol. The minimum absolute atomic E-state index is 0.0467. The summed E-state index contributed by atoms with van der Waals surface area (Å²) in [6, 6.07) is 0. The van der Waals surface area contributed by atoms with Gasteiger partial charge >= 0.3 is 5.97 Å². The molecule has 0 aromatic carbocycles. The molecule has 0 amide bonds. The maximum absolute atomic E-state index is 12.4. The van der Waals surface area contributed by atoms with Gasteiger partial charge in [-0.05, 0) is 25.7 Å². The maximum atomic E-state index is 12.4. The predicted molar refractivity (Wildman–Crippen MR) is 69.2 cm³/mol. The van der Waals surface area contributed by atoms with Crippen molar-refractivity contribution >= 4 is 16.0 Å². The quantitative estimate of drug-likeness (QED) is 0.799. The molecule has 1 saturated carbocycles. The number of rotatable bonds is 5. The highest BCUT2D eigenvalue weighted by Crippen LogP contribution is 2.49. The number of methoxy groups -OCH3 is 1. The number of carboxylic acids is 1. The first-order valence-electron chi connectivity index (χ1n) is 6.56. The van der Waals surface area contributed by atoms with Gasteiger partial charge in [-0.2, -0.15) is 0 Å². The van der Waals surface area contributed by atoms with Gasteiger partial charge in [0.2, 0.25) is 10.0 Å². The number of sulfonamides is 1. The first kappa shape index (κ1) is 14.7. The van der Waals surface area contributed by atoms with Gasteiger partial charge in [0.1, 0.15) is 0 Å². The van der Waals surface area contributed by atoms with E-state index in [0.29, 0.717) is 13.0 Å². The molecular weight excluding hydrogens is 270 g/mol. The summed E-state index contributed by atoms with van der Waals surface area (Å²) in [6.45, 7) is 2.18. The Bertz CT molecular complexity index is 463. The highest BCUT2D eigenvalue weighted by Gasteiger charge is 2.57. The molecule has 2 rings (SSSR count). The maximum Gasteiger partial charge on any atom is 0.311 e. The molecule has 0 aromatic rings. The summed E-state index contributed by atoms with van der Waals surface area (Å²) in [5.41, 5.74) is -0.861. The van der Waals surface area contributed by atoms with Gasteiger partial charge in [-0.15, -0.1) is 0 Å². The lowest BCUT2D eigenvalue weighted by atomic mass is 9.81. The minimum atomic E-state index is -3.47. The number of hydrogen-bond acceptors (Lipinski definition) is 4. The molecule has 2 fully saturated rings. The van der Waals surface area contributed by atoms with Crippen LogP contribution in [0, 0.1) is 11.3 Å². The number of ether oxygens (including phenoxy) is 1. The average molecular weight is 291 g/mol. The van der Waals surface area contributed by atoms with E-state index in [1.54, 1.807) is 6.92 Å². The van der Waals surface area contributed by atoms with Crippen molar-refractivity contribution in [1.29, 1.82) is 0 Å². The molecule has 0 radical (unpaired) electrons. The van der Waals surface area contributed by atoms with Gasteiger partial charge < -0.3 is 9.84 Å². The molecule has 1 N–H and O–H groups in total. The number of carboxylic acid groups (broad SMARTS) is 1. The molecule has 0 spiro atoms. The van der Waals surface area contributed by atoms with Crippen LogP contribution in [0.25, 0.3) is 0 Å². The SMILES string of the molecule is COCC(C)S(=O)(=O)N1C[C@@H]2CCC[C@@]2(C(=O)O)C1. The van der Waals surface area contributed by atoms with Gasteiger partial charge in [0.05, 0.1) is 17.3 Å². The van der Waals surface area contributed by atoms with Crippen molar-refractivity contribution in [3.8, 4) is 0 Å². The standard InChI is InChI=1S/C12H21NO5S/c1-9(7-18-2)19(16,17)13-6-10-4-3-5-12(10,8-13)11(14)15/h9-10H,3-8H2,1-2H3,(H,14,15)/t9?,10-,12+/m0/s1. The van der Waals surface area contributed by atoms with E-state index >= 15 is 0 Å². The topological polar surface area (TPSA) is 83.9 Å². The van der Waals surface area contributed by atoms with Gasteiger partial charge in [0, 0.05) is 20.2 Å². The molecule has 1 aliphatic heterocycles. The molecule has 7 heteroatoms. The summed E-state index contributed by atoms with van der Waals surface area (Å²) in [5.74, 6) is -0.901. The molecule has 3 atom stereocenters. The normalized spacial score (nSPS) is 33.3. The van der Waals surface area contributed by atoms with Crippen molar-refractivity contribution in [2.75, 3.05) is 26.8 Å². The van der Waals surface area contributed by atoms with Crippen molar-refractivity contribution in [3.05, 3.63) is 0 Å².